The number of hydrogen-bond acceptors (Lipinski definition) is 2. The number of benzene rings is 1. The first-order chi connectivity index (χ1) is 7.08. The molecule has 0 aliphatic heterocycles. The molecular formula is C12H14O3. The lowest BCUT2D eigenvalue weighted by Gasteiger charge is -2.06. The molecule has 80 valence electrons. The summed E-state index contributed by atoms with van der Waals surface area (Å²) in [6.07, 6.45) is 0.0181. The van der Waals surface area contributed by atoms with Gasteiger partial charge in [0, 0.05) is 0 Å². The van der Waals surface area contributed by atoms with Crippen molar-refractivity contribution in [3.63, 3.8) is 0 Å². The molecule has 0 saturated heterocycles. The van der Waals surface area contributed by atoms with Crippen LogP contribution in [-0.4, -0.2) is 17.7 Å². The van der Waals surface area contributed by atoms with Crippen molar-refractivity contribution in [2.24, 2.45) is 0 Å². The number of aliphatic carboxylic acids is 1. The van der Waals surface area contributed by atoms with E-state index in [-0.39, 0.29) is 6.42 Å². The minimum atomic E-state index is -0.841. The van der Waals surface area contributed by atoms with E-state index in [2.05, 4.69) is 6.58 Å². The molecule has 0 aliphatic rings. The molecule has 0 atom stereocenters. The summed E-state index contributed by atoms with van der Waals surface area (Å²) in [5, 5.41) is 8.62. The lowest BCUT2D eigenvalue weighted by molar-refractivity contribution is -0.136. The SMILES string of the molecule is C=C(C)COc1cccc(CC(=O)O)c1. The maximum Gasteiger partial charge on any atom is 0.307 e. The second-order valence-corrected chi connectivity index (χ2v) is 3.46. The molecule has 1 rings (SSSR count). The Labute approximate surface area is 89.0 Å². The molecule has 0 heterocycles. The van der Waals surface area contributed by atoms with Gasteiger partial charge in [-0.1, -0.05) is 18.7 Å². The Hall–Kier alpha value is -1.77. The molecule has 0 saturated carbocycles. The van der Waals surface area contributed by atoms with Crippen LogP contribution in [0.4, 0.5) is 0 Å². The van der Waals surface area contributed by atoms with E-state index < -0.39 is 5.97 Å². The molecule has 0 aliphatic carbocycles. The molecular weight excluding hydrogens is 192 g/mol. The van der Waals surface area contributed by atoms with Crippen LogP contribution in [0.3, 0.4) is 0 Å². The van der Waals surface area contributed by atoms with Crippen LogP contribution >= 0.6 is 0 Å². The Balaban J connectivity index is 2.65. The van der Waals surface area contributed by atoms with Gasteiger partial charge in [0.05, 0.1) is 6.42 Å². The predicted molar refractivity (Wildman–Crippen MR) is 58.1 cm³/mol. The number of ether oxygens (including phenoxy) is 1. The first-order valence-corrected chi connectivity index (χ1v) is 4.66. The highest BCUT2D eigenvalue weighted by Gasteiger charge is 2.01. The van der Waals surface area contributed by atoms with Gasteiger partial charge in [0.15, 0.2) is 0 Å². The highest BCUT2D eigenvalue weighted by Crippen LogP contribution is 2.14. The molecule has 1 aromatic rings. The quantitative estimate of drug-likeness (QED) is 0.752. The predicted octanol–water partition coefficient (Wildman–Crippen LogP) is 2.27. The van der Waals surface area contributed by atoms with Crippen molar-refractivity contribution in [3.05, 3.63) is 42.0 Å². The zero-order valence-corrected chi connectivity index (χ0v) is 8.69. The van der Waals surface area contributed by atoms with Crippen molar-refractivity contribution >= 4 is 5.97 Å². The Kier molecular flexibility index (Phi) is 3.92. The Morgan fingerprint density at radius 3 is 2.87 bits per heavy atom. The van der Waals surface area contributed by atoms with Crippen molar-refractivity contribution in [2.75, 3.05) is 6.61 Å². The van der Waals surface area contributed by atoms with E-state index in [1.54, 1.807) is 24.3 Å². The van der Waals surface area contributed by atoms with Crippen molar-refractivity contribution < 1.29 is 14.6 Å². The first kappa shape index (κ1) is 11.3. The average molecular weight is 206 g/mol. The summed E-state index contributed by atoms with van der Waals surface area (Å²) >= 11 is 0. The molecule has 0 amide bonds. The Morgan fingerprint density at radius 2 is 2.27 bits per heavy atom. The normalized spacial score (nSPS) is 9.67. The fourth-order valence-electron chi connectivity index (χ4n) is 1.13. The van der Waals surface area contributed by atoms with E-state index in [9.17, 15) is 4.79 Å². The van der Waals surface area contributed by atoms with Gasteiger partial charge in [-0.25, -0.2) is 0 Å². The van der Waals surface area contributed by atoms with Gasteiger partial charge in [0.2, 0.25) is 0 Å². The van der Waals surface area contributed by atoms with Gasteiger partial charge in [-0.05, 0) is 30.2 Å². The third-order valence-electron chi connectivity index (χ3n) is 1.74. The van der Waals surface area contributed by atoms with Crippen LogP contribution in [0.1, 0.15) is 12.5 Å². The summed E-state index contributed by atoms with van der Waals surface area (Å²) in [6.45, 7) is 6.05. The summed E-state index contributed by atoms with van der Waals surface area (Å²) in [5.41, 5.74) is 1.67. The van der Waals surface area contributed by atoms with Crippen LogP contribution in [0.25, 0.3) is 0 Å². The van der Waals surface area contributed by atoms with Gasteiger partial charge < -0.3 is 9.84 Å². The van der Waals surface area contributed by atoms with E-state index in [1.807, 2.05) is 6.92 Å². The van der Waals surface area contributed by atoms with E-state index in [0.717, 1.165) is 11.1 Å². The van der Waals surface area contributed by atoms with Crippen molar-refractivity contribution in [1.29, 1.82) is 0 Å². The second-order valence-electron chi connectivity index (χ2n) is 3.46. The van der Waals surface area contributed by atoms with Gasteiger partial charge in [-0.3, -0.25) is 4.79 Å². The Morgan fingerprint density at radius 1 is 1.53 bits per heavy atom. The van der Waals surface area contributed by atoms with Gasteiger partial charge in [-0.2, -0.15) is 0 Å². The summed E-state index contributed by atoms with van der Waals surface area (Å²) in [7, 11) is 0. The highest BCUT2D eigenvalue weighted by molar-refractivity contribution is 5.70. The van der Waals surface area contributed by atoms with Crippen LogP contribution in [0.2, 0.25) is 0 Å². The lowest BCUT2D eigenvalue weighted by Crippen LogP contribution is -2.01. The summed E-state index contributed by atoms with van der Waals surface area (Å²) in [5.74, 6) is -0.163. The molecule has 0 spiro atoms. The molecule has 1 N–H and O–H groups in total. The monoisotopic (exact) mass is 206 g/mol. The molecule has 0 aromatic heterocycles. The maximum absolute atomic E-state index is 10.5. The fourth-order valence-corrected chi connectivity index (χ4v) is 1.13. The number of carbonyl (C=O) groups is 1. The van der Waals surface area contributed by atoms with Gasteiger partial charge in [0.1, 0.15) is 12.4 Å². The minimum Gasteiger partial charge on any atom is -0.489 e. The Bertz CT molecular complexity index is 369. The molecule has 15 heavy (non-hydrogen) atoms. The van der Waals surface area contributed by atoms with Crippen molar-refractivity contribution in [3.8, 4) is 5.75 Å². The van der Waals surface area contributed by atoms with Crippen LogP contribution in [0.15, 0.2) is 36.4 Å². The van der Waals surface area contributed by atoms with Gasteiger partial charge >= 0.3 is 5.97 Å². The van der Waals surface area contributed by atoms with E-state index in [4.69, 9.17) is 9.84 Å². The molecule has 0 radical (unpaired) electrons. The summed E-state index contributed by atoms with van der Waals surface area (Å²) in [6, 6.07) is 7.08. The average Bonchev–Trinajstić information content (AvgIpc) is 2.14. The molecule has 1 aromatic carbocycles. The van der Waals surface area contributed by atoms with Crippen LogP contribution in [0, 0.1) is 0 Å². The zero-order chi connectivity index (χ0) is 11.3. The summed E-state index contributed by atoms with van der Waals surface area (Å²) in [4.78, 5) is 10.5. The van der Waals surface area contributed by atoms with E-state index in [1.165, 1.54) is 0 Å². The van der Waals surface area contributed by atoms with Crippen molar-refractivity contribution in [1.82, 2.24) is 0 Å². The van der Waals surface area contributed by atoms with E-state index >= 15 is 0 Å². The number of carboxylic acids is 1. The lowest BCUT2D eigenvalue weighted by atomic mass is 10.1. The third kappa shape index (κ3) is 4.31. The molecule has 0 bridgehead atoms. The zero-order valence-electron chi connectivity index (χ0n) is 8.69. The largest absolute Gasteiger partial charge is 0.489 e. The van der Waals surface area contributed by atoms with Crippen LogP contribution < -0.4 is 4.74 Å². The van der Waals surface area contributed by atoms with Crippen LogP contribution in [0.5, 0.6) is 5.75 Å². The maximum atomic E-state index is 10.5. The highest BCUT2D eigenvalue weighted by atomic mass is 16.5. The van der Waals surface area contributed by atoms with Gasteiger partial charge in [0.25, 0.3) is 0 Å². The smallest absolute Gasteiger partial charge is 0.307 e. The fraction of sp³-hybridized carbons (Fsp3) is 0.250. The summed E-state index contributed by atoms with van der Waals surface area (Å²) < 4.78 is 5.40. The standard InChI is InChI=1S/C12H14O3/c1-9(2)8-15-11-5-3-4-10(6-11)7-12(13)14/h3-6H,1,7-8H2,2H3,(H,13,14). The first-order valence-electron chi connectivity index (χ1n) is 4.66. The molecule has 0 unspecified atom stereocenters. The van der Waals surface area contributed by atoms with Crippen LogP contribution in [-0.2, 0) is 11.2 Å². The minimum absolute atomic E-state index is 0.0181. The molecule has 3 nitrogen and oxygen atoms in total. The third-order valence-corrected chi connectivity index (χ3v) is 1.74. The molecule has 3 heteroatoms. The van der Waals surface area contributed by atoms with Crippen molar-refractivity contribution in [2.45, 2.75) is 13.3 Å². The number of hydrogen-bond donors (Lipinski definition) is 1. The second kappa shape index (κ2) is 5.20. The van der Waals surface area contributed by atoms with Gasteiger partial charge in [-0.15, -0.1) is 0 Å². The number of rotatable bonds is 5. The number of carboxylic acid groups (broad SMARTS) is 1. The topological polar surface area (TPSA) is 46.5 Å². The molecule has 0 fully saturated rings. The van der Waals surface area contributed by atoms with E-state index in [0.29, 0.717) is 12.4 Å².